The molecule has 1 unspecified atom stereocenters. The molecule has 0 saturated heterocycles. The molecule has 3 aromatic rings. The van der Waals surface area contributed by atoms with Crippen molar-refractivity contribution in [3.8, 4) is 5.88 Å². The summed E-state index contributed by atoms with van der Waals surface area (Å²) in [6.07, 6.45) is 3.04. The van der Waals surface area contributed by atoms with Gasteiger partial charge >= 0.3 is 0 Å². The van der Waals surface area contributed by atoms with E-state index in [9.17, 15) is 0 Å². The Kier molecular flexibility index (Phi) is 5.89. The lowest BCUT2D eigenvalue weighted by atomic mass is 10.1. The fourth-order valence-electron chi connectivity index (χ4n) is 2.91. The van der Waals surface area contributed by atoms with Crippen LogP contribution < -0.4 is 15.8 Å². The molecule has 2 aromatic carbocycles. The highest BCUT2D eigenvalue weighted by Crippen LogP contribution is 2.27. The van der Waals surface area contributed by atoms with Gasteiger partial charge in [-0.2, -0.15) is 4.98 Å². The summed E-state index contributed by atoms with van der Waals surface area (Å²) in [7, 11) is 0. The molecule has 1 aromatic heterocycles. The molecule has 0 aliphatic heterocycles. The fourth-order valence-corrected chi connectivity index (χ4v) is 2.91. The number of hydrogen-bond acceptors (Lipinski definition) is 5. The molecule has 1 atom stereocenters. The Morgan fingerprint density at radius 2 is 1.92 bits per heavy atom. The number of ether oxygens (including phenoxy) is 1. The lowest BCUT2D eigenvalue weighted by molar-refractivity contribution is 0.204. The molecule has 136 valence electrons. The molecule has 3 rings (SSSR count). The molecular weight excluding hydrogens is 324 g/mol. The fraction of sp³-hybridized carbons (Fsp3) is 0.333. The van der Waals surface area contributed by atoms with E-state index < -0.39 is 0 Å². The summed E-state index contributed by atoms with van der Waals surface area (Å²) in [6, 6.07) is 16.0. The molecule has 3 N–H and O–H groups in total. The van der Waals surface area contributed by atoms with E-state index >= 15 is 0 Å². The normalized spacial score (nSPS) is 12.1. The largest absolute Gasteiger partial charge is 0.474 e. The number of benzene rings is 2. The summed E-state index contributed by atoms with van der Waals surface area (Å²) in [5.41, 5.74) is 8.73. The quantitative estimate of drug-likeness (QED) is 0.588. The summed E-state index contributed by atoms with van der Waals surface area (Å²) in [4.78, 5) is 9.20. The second kappa shape index (κ2) is 8.52. The number of nitrogens with zero attached hydrogens (tertiary/aromatic N) is 2. The van der Waals surface area contributed by atoms with Crippen molar-refractivity contribution in [1.29, 1.82) is 0 Å². The van der Waals surface area contributed by atoms with Crippen LogP contribution in [-0.4, -0.2) is 22.6 Å². The number of nitrogens with two attached hydrogens (primary N) is 1. The first kappa shape index (κ1) is 18.0. The number of nitrogen functional groups attached to an aromatic ring is 1. The first-order valence-electron chi connectivity index (χ1n) is 9.17. The van der Waals surface area contributed by atoms with Crippen LogP contribution in [0.25, 0.3) is 10.9 Å². The number of fused-ring (bicyclic) bond motifs is 1. The Hall–Kier alpha value is -2.82. The lowest BCUT2D eigenvalue weighted by Gasteiger charge is -2.16. The van der Waals surface area contributed by atoms with Crippen molar-refractivity contribution in [1.82, 2.24) is 9.97 Å². The molecular formula is C21H26N4O. The topological polar surface area (TPSA) is 73.1 Å². The Balaban J connectivity index is 1.80. The maximum atomic E-state index is 6.08. The molecule has 1 heterocycles. The van der Waals surface area contributed by atoms with E-state index in [-0.39, 0.29) is 6.10 Å². The van der Waals surface area contributed by atoms with E-state index in [1.807, 2.05) is 36.4 Å². The first-order chi connectivity index (χ1) is 12.7. The predicted molar refractivity (Wildman–Crippen MR) is 108 cm³/mol. The third-order valence-electron chi connectivity index (χ3n) is 4.23. The van der Waals surface area contributed by atoms with E-state index in [0.717, 1.165) is 36.7 Å². The SMILES string of the molecule is CCCC(C)Oc1nc(NCCc2ccccc2)nc2ccc(N)cc12. The van der Waals surface area contributed by atoms with E-state index in [2.05, 4.69) is 41.3 Å². The monoisotopic (exact) mass is 350 g/mol. The Labute approximate surface area is 154 Å². The van der Waals surface area contributed by atoms with Gasteiger partial charge in [0.15, 0.2) is 0 Å². The number of anilines is 2. The second-order valence-corrected chi connectivity index (χ2v) is 6.51. The van der Waals surface area contributed by atoms with Gasteiger partial charge in [0.05, 0.1) is 17.0 Å². The van der Waals surface area contributed by atoms with Gasteiger partial charge in [-0.25, -0.2) is 4.98 Å². The molecule has 0 aliphatic rings. The molecule has 5 nitrogen and oxygen atoms in total. The van der Waals surface area contributed by atoms with Crippen LogP contribution in [0.3, 0.4) is 0 Å². The van der Waals surface area contributed by atoms with Gasteiger partial charge in [-0.1, -0.05) is 43.7 Å². The highest BCUT2D eigenvalue weighted by Gasteiger charge is 2.12. The zero-order chi connectivity index (χ0) is 18.4. The van der Waals surface area contributed by atoms with Gasteiger partial charge in [0.1, 0.15) is 0 Å². The van der Waals surface area contributed by atoms with Crippen molar-refractivity contribution in [3.63, 3.8) is 0 Å². The van der Waals surface area contributed by atoms with E-state index in [0.29, 0.717) is 17.5 Å². The number of aromatic nitrogens is 2. The van der Waals surface area contributed by atoms with Crippen molar-refractivity contribution in [2.45, 2.75) is 39.2 Å². The Morgan fingerprint density at radius 3 is 2.69 bits per heavy atom. The highest BCUT2D eigenvalue weighted by molar-refractivity contribution is 5.87. The zero-order valence-corrected chi connectivity index (χ0v) is 15.4. The van der Waals surface area contributed by atoms with Gasteiger partial charge in [-0.3, -0.25) is 0 Å². The van der Waals surface area contributed by atoms with Crippen LogP contribution >= 0.6 is 0 Å². The lowest BCUT2D eigenvalue weighted by Crippen LogP contribution is -2.14. The third kappa shape index (κ3) is 4.63. The van der Waals surface area contributed by atoms with Crippen molar-refractivity contribution in [3.05, 3.63) is 54.1 Å². The van der Waals surface area contributed by atoms with Crippen LogP contribution in [-0.2, 0) is 6.42 Å². The maximum absolute atomic E-state index is 6.08. The summed E-state index contributed by atoms with van der Waals surface area (Å²) >= 11 is 0. The molecule has 0 bridgehead atoms. The van der Waals surface area contributed by atoms with Crippen LogP contribution in [0.5, 0.6) is 5.88 Å². The van der Waals surface area contributed by atoms with Crippen LogP contribution in [0.2, 0.25) is 0 Å². The van der Waals surface area contributed by atoms with Crippen LogP contribution in [0.4, 0.5) is 11.6 Å². The van der Waals surface area contributed by atoms with Crippen molar-refractivity contribution < 1.29 is 4.74 Å². The molecule has 0 fully saturated rings. The molecule has 0 saturated carbocycles. The van der Waals surface area contributed by atoms with E-state index in [1.165, 1.54) is 5.56 Å². The van der Waals surface area contributed by atoms with Gasteiger partial charge < -0.3 is 15.8 Å². The van der Waals surface area contributed by atoms with Gasteiger partial charge in [0.2, 0.25) is 11.8 Å². The molecule has 0 radical (unpaired) electrons. The highest BCUT2D eigenvalue weighted by atomic mass is 16.5. The van der Waals surface area contributed by atoms with Crippen LogP contribution in [0, 0.1) is 0 Å². The molecule has 5 heteroatoms. The smallest absolute Gasteiger partial charge is 0.226 e. The Morgan fingerprint density at radius 1 is 1.12 bits per heavy atom. The second-order valence-electron chi connectivity index (χ2n) is 6.51. The number of hydrogen-bond donors (Lipinski definition) is 2. The van der Waals surface area contributed by atoms with Crippen molar-refractivity contribution >= 4 is 22.5 Å². The molecule has 0 amide bonds. The van der Waals surface area contributed by atoms with Crippen molar-refractivity contribution in [2.24, 2.45) is 0 Å². The van der Waals surface area contributed by atoms with Gasteiger partial charge in [0.25, 0.3) is 0 Å². The summed E-state index contributed by atoms with van der Waals surface area (Å²) in [5.74, 6) is 1.17. The molecule has 0 spiro atoms. The average Bonchev–Trinajstić information content (AvgIpc) is 2.63. The first-order valence-corrected chi connectivity index (χ1v) is 9.17. The summed E-state index contributed by atoms with van der Waals surface area (Å²) in [6.45, 7) is 4.97. The minimum atomic E-state index is 0.0942. The van der Waals surface area contributed by atoms with Crippen LogP contribution in [0.1, 0.15) is 32.3 Å². The zero-order valence-electron chi connectivity index (χ0n) is 15.4. The van der Waals surface area contributed by atoms with Crippen molar-refractivity contribution in [2.75, 3.05) is 17.6 Å². The molecule has 26 heavy (non-hydrogen) atoms. The third-order valence-corrected chi connectivity index (χ3v) is 4.23. The summed E-state index contributed by atoms with van der Waals surface area (Å²) in [5, 5.41) is 4.16. The van der Waals surface area contributed by atoms with E-state index in [1.54, 1.807) is 0 Å². The predicted octanol–water partition coefficient (Wildman–Crippen LogP) is 4.43. The minimum Gasteiger partial charge on any atom is -0.474 e. The van der Waals surface area contributed by atoms with Crippen LogP contribution in [0.15, 0.2) is 48.5 Å². The standard InChI is InChI=1S/C21H26N4O/c1-3-7-15(2)26-20-18-14-17(22)10-11-19(18)24-21(25-20)23-13-12-16-8-5-4-6-9-16/h4-6,8-11,14-15H,3,7,12-13,22H2,1-2H3,(H,23,24,25). The van der Waals surface area contributed by atoms with Gasteiger partial charge in [0, 0.05) is 12.2 Å². The van der Waals surface area contributed by atoms with Gasteiger partial charge in [-0.05, 0) is 43.5 Å². The van der Waals surface area contributed by atoms with E-state index in [4.69, 9.17) is 10.5 Å². The number of nitrogens with one attached hydrogen (secondary N) is 1. The minimum absolute atomic E-state index is 0.0942. The van der Waals surface area contributed by atoms with Gasteiger partial charge in [-0.15, -0.1) is 0 Å². The maximum Gasteiger partial charge on any atom is 0.226 e. The summed E-state index contributed by atoms with van der Waals surface area (Å²) < 4.78 is 6.08. The number of rotatable bonds is 8. The average molecular weight is 350 g/mol. The Bertz CT molecular complexity index is 851. The molecule has 0 aliphatic carbocycles.